The average Bonchev–Trinajstić information content (AvgIpc) is 2.43. The molecule has 110 valence electrons. The van der Waals surface area contributed by atoms with Crippen molar-refractivity contribution in [1.82, 2.24) is 0 Å². The van der Waals surface area contributed by atoms with Crippen LogP contribution < -0.4 is 5.32 Å². The first-order valence-electron chi connectivity index (χ1n) is 6.35. The minimum atomic E-state index is -0.901. The smallest absolute Gasteiger partial charge is 0.269 e. The second-order valence-electron chi connectivity index (χ2n) is 4.80. The summed E-state index contributed by atoms with van der Waals surface area (Å²) in [5.74, 6) is -1.79. The Morgan fingerprint density at radius 3 is 2.43 bits per heavy atom. The first-order valence-corrected chi connectivity index (χ1v) is 6.35. The van der Waals surface area contributed by atoms with Crippen molar-refractivity contribution in [2.45, 2.75) is 19.9 Å². The van der Waals surface area contributed by atoms with E-state index in [2.05, 4.69) is 5.32 Å². The SMILES string of the molecule is Cc1cc([N+](=O)[O-])ccc1NC(C)c1ccc(F)c(F)c1. The lowest BCUT2D eigenvalue weighted by molar-refractivity contribution is -0.384. The highest BCUT2D eigenvalue weighted by atomic mass is 19.2. The molecule has 1 atom stereocenters. The number of aryl methyl sites for hydroxylation is 1. The van der Waals surface area contributed by atoms with Crippen LogP contribution in [0.5, 0.6) is 0 Å². The van der Waals surface area contributed by atoms with Crippen molar-refractivity contribution in [3.8, 4) is 0 Å². The number of halogens is 2. The van der Waals surface area contributed by atoms with Crippen molar-refractivity contribution < 1.29 is 13.7 Å². The molecule has 0 aliphatic carbocycles. The lowest BCUT2D eigenvalue weighted by atomic mass is 10.1. The first kappa shape index (κ1) is 14.9. The molecule has 4 nitrogen and oxygen atoms in total. The quantitative estimate of drug-likeness (QED) is 0.673. The zero-order valence-corrected chi connectivity index (χ0v) is 11.6. The number of nitrogens with one attached hydrogen (secondary N) is 1. The molecule has 0 saturated heterocycles. The number of nitrogens with zero attached hydrogens (tertiary/aromatic N) is 1. The second-order valence-corrected chi connectivity index (χ2v) is 4.80. The summed E-state index contributed by atoms with van der Waals surface area (Å²) in [4.78, 5) is 10.2. The molecule has 0 bridgehead atoms. The van der Waals surface area contributed by atoms with E-state index in [1.807, 2.05) is 0 Å². The summed E-state index contributed by atoms with van der Waals surface area (Å²) >= 11 is 0. The normalized spacial score (nSPS) is 12.0. The minimum Gasteiger partial charge on any atom is -0.378 e. The van der Waals surface area contributed by atoms with Gasteiger partial charge in [-0.15, -0.1) is 0 Å². The van der Waals surface area contributed by atoms with E-state index < -0.39 is 16.6 Å². The summed E-state index contributed by atoms with van der Waals surface area (Å²) in [6, 6.07) is 7.90. The van der Waals surface area contributed by atoms with Gasteiger partial charge in [-0.2, -0.15) is 0 Å². The van der Waals surface area contributed by atoms with Gasteiger partial charge in [0, 0.05) is 23.9 Å². The van der Waals surface area contributed by atoms with Crippen LogP contribution in [0.4, 0.5) is 20.2 Å². The van der Waals surface area contributed by atoms with E-state index in [1.165, 1.54) is 18.2 Å². The monoisotopic (exact) mass is 292 g/mol. The molecule has 0 radical (unpaired) electrons. The second kappa shape index (κ2) is 5.87. The lowest BCUT2D eigenvalue weighted by Gasteiger charge is -2.17. The van der Waals surface area contributed by atoms with E-state index in [4.69, 9.17) is 0 Å². The van der Waals surface area contributed by atoms with Gasteiger partial charge in [-0.1, -0.05) is 6.07 Å². The maximum absolute atomic E-state index is 13.2. The van der Waals surface area contributed by atoms with Crippen LogP contribution in [-0.2, 0) is 0 Å². The predicted octanol–water partition coefficient (Wildman–Crippen LogP) is 4.35. The van der Waals surface area contributed by atoms with E-state index in [0.717, 1.165) is 12.1 Å². The van der Waals surface area contributed by atoms with Gasteiger partial charge in [-0.3, -0.25) is 10.1 Å². The van der Waals surface area contributed by atoms with Gasteiger partial charge in [0.2, 0.25) is 0 Å². The van der Waals surface area contributed by atoms with Crippen molar-refractivity contribution in [2.24, 2.45) is 0 Å². The summed E-state index contributed by atoms with van der Waals surface area (Å²) in [6.45, 7) is 3.54. The van der Waals surface area contributed by atoms with Crippen LogP contribution in [0.15, 0.2) is 36.4 Å². The molecule has 0 fully saturated rings. The maximum Gasteiger partial charge on any atom is 0.269 e. The largest absolute Gasteiger partial charge is 0.378 e. The molecule has 0 heterocycles. The number of rotatable bonds is 4. The molecule has 1 N–H and O–H groups in total. The number of hydrogen-bond donors (Lipinski definition) is 1. The molecule has 1 unspecified atom stereocenters. The third kappa shape index (κ3) is 3.34. The summed E-state index contributed by atoms with van der Waals surface area (Å²) in [5.41, 5.74) is 2.02. The van der Waals surface area contributed by atoms with Crippen molar-refractivity contribution in [1.29, 1.82) is 0 Å². The van der Waals surface area contributed by atoms with Crippen LogP contribution in [0.3, 0.4) is 0 Å². The van der Waals surface area contributed by atoms with E-state index in [1.54, 1.807) is 19.9 Å². The Kier molecular flexibility index (Phi) is 4.16. The van der Waals surface area contributed by atoms with Crippen molar-refractivity contribution in [3.63, 3.8) is 0 Å². The van der Waals surface area contributed by atoms with E-state index in [-0.39, 0.29) is 11.7 Å². The van der Waals surface area contributed by atoms with Crippen molar-refractivity contribution in [3.05, 3.63) is 69.3 Å². The standard InChI is InChI=1S/C15H14F2N2O2/c1-9-7-12(19(20)21)4-6-15(9)18-10(2)11-3-5-13(16)14(17)8-11/h3-8,10,18H,1-2H3. The molecular weight excluding hydrogens is 278 g/mol. The average molecular weight is 292 g/mol. The van der Waals surface area contributed by atoms with Crippen LogP contribution in [0.25, 0.3) is 0 Å². The fourth-order valence-corrected chi connectivity index (χ4v) is 2.02. The lowest BCUT2D eigenvalue weighted by Crippen LogP contribution is -2.08. The predicted molar refractivity (Wildman–Crippen MR) is 76.2 cm³/mol. The highest BCUT2D eigenvalue weighted by Crippen LogP contribution is 2.26. The Labute approximate surface area is 120 Å². The number of nitro groups is 1. The molecule has 6 heteroatoms. The summed E-state index contributed by atoms with van der Waals surface area (Å²) < 4.78 is 26.1. The number of benzene rings is 2. The highest BCUT2D eigenvalue weighted by molar-refractivity contribution is 5.56. The molecule has 0 saturated carbocycles. The molecule has 2 rings (SSSR count). The van der Waals surface area contributed by atoms with Gasteiger partial charge in [0.1, 0.15) is 0 Å². The number of hydrogen-bond acceptors (Lipinski definition) is 3. The highest BCUT2D eigenvalue weighted by Gasteiger charge is 2.12. The summed E-state index contributed by atoms with van der Waals surface area (Å²) in [5, 5.41) is 13.8. The van der Waals surface area contributed by atoms with Gasteiger partial charge in [0.05, 0.1) is 4.92 Å². The number of anilines is 1. The maximum atomic E-state index is 13.2. The Bertz CT molecular complexity index is 689. The van der Waals surface area contributed by atoms with Gasteiger partial charge in [-0.25, -0.2) is 8.78 Å². The molecule has 0 spiro atoms. The van der Waals surface area contributed by atoms with E-state index in [0.29, 0.717) is 16.8 Å². The van der Waals surface area contributed by atoms with E-state index in [9.17, 15) is 18.9 Å². The van der Waals surface area contributed by atoms with Crippen LogP contribution in [0, 0.1) is 28.7 Å². The zero-order chi connectivity index (χ0) is 15.6. The third-order valence-electron chi connectivity index (χ3n) is 3.24. The third-order valence-corrected chi connectivity index (χ3v) is 3.24. The molecule has 21 heavy (non-hydrogen) atoms. The minimum absolute atomic E-state index is 0.0125. The molecule has 2 aromatic rings. The molecular formula is C15H14F2N2O2. The molecule has 0 aromatic heterocycles. The molecule has 0 aliphatic rings. The molecule has 0 aliphatic heterocycles. The van der Waals surface area contributed by atoms with Crippen molar-refractivity contribution >= 4 is 11.4 Å². The Morgan fingerprint density at radius 1 is 1.14 bits per heavy atom. The van der Waals surface area contributed by atoms with Crippen LogP contribution >= 0.6 is 0 Å². The van der Waals surface area contributed by atoms with Gasteiger partial charge in [-0.05, 0) is 43.2 Å². The fourth-order valence-electron chi connectivity index (χ4n) is 2.02. The number of nitro benzene ring substituents is 1. The fraction of sp³-hybridized carbons (Fsp3) is 0.200. The Balaban J connectivity index is 2.21. The first-order chi connectivity index (χ1) is 9.88. The van der Waals surface area contributed by atoms with Crippen molar-refractivity contribution in [2.75, 3.05) is 5.32 Å². The molecule has 0 amide bonds. The van der Waals surface area contributed by atoms with Gasteiger partial charge >= 0.3 is 0 Å². The summed E-state index contributed by atoms with van der Waals surface area (Å²) in [7, 11) is 0. The molecule has 2 aromatic carbocycles. The van der Waals surface area contributed by atoms with Gasteiger partial charge in [0.25, 0.3) is 5.69 Å². The summed E-state index contributed by atoms with van der Waals surface area (Å²) in [6.07, 6.45) is 0. The van der Waals surface area contributed by atoms with Crippen LogP contribution in [0.2, 0.25) is 0 Å². The van der Waals surface area contributed by atoms with Crippen LogP contribution in [0.1, 0.15) is 24.1 Å². The zero-order valence-electron chi connectivity index (χ0n) is 11.6. The number of non-ortho nitro benzene ring substituents is 1. The Hall–Kier alpha value is -2.50. The Morgan fingerprint density at radius 2 is 1.86 bits per heavy atom. The van der Waals surface area contributed by atoms with E-state index >= 15 is 0 Å². The van der Waals surface area contributed by atoms with Gasteiger partial charge in [0.15, 0.2) is 11.6 Å². The van der Waals surface area contributed by atoms with Crippen LogP contribution in [-0.4, -0.2) is 4.92 Å². The topological polar surface area (TPSA) is 55.2 Å². The van der Waals surface area contributed by atoms with Gasteiger partial charge < -0.3 is 5.32 Å².